The summed E-state index contributed by atoms with van der Waals surface area (Å²) in [6.45, 7) is 1.80. The van der Waals surface area contributed by atoms with Crippen LogP contribution in [-0.2, 0) is 0 Å². The number of nitrogens with one attached hydrogen (secondary N) is 2. The first-order chi connectivity index (χ1) is 6.59. The first-order valence-corrected chi connectivity index (χ1v) is 4.13. The molecule has 0 unspecified atom stereocenters. The highest BCUT2D eigenvalue weighted by Gasteiger charge is 1.96. The predicted octanol–water partition coefficient (Wildman–Crippen LogP) is 2.00. The number of hydrogen-bond acceptors (Lipinski definition) is 2. The van der Waals surface area contributed by atoms with Crippen LogP contribution < -0.4 is 11.1 Å². The Bertz CT molecular complexity index is 372. The molecule has 0 amide bonds. The van der Waals surface area contributed by atoms with Crippen LogP contribution in [0.3, 0.4) is 0 Å². The first-order valence-electron chi connectivity index (χ1n) is 4.13. The fraction of sp³-hybridized carbons (Fsp3) is 0.100. The molecule has 0 radical (unpaired) electrons. The monoisotopic (exact) mass is 193 g/mol. The molecule has 0 fully saturated rings. The van der Waals surface area contributed by atoms with Crippen LogP contribution in [0.25, 0.3) is 0 Å². The summed E-state index contributed by atoms with van der Waals surface area (Å²) >= 11 is 0. The molecular weight excluding hydrogens is 181 g/mol. The van der Waals surface area contributed by atoms with Crippen molar-refractivity contribution in [2.24, 2.45) is 5.73 Å². The molecule has 4 heteroatoms. The molecule has 0 bridgehead atoms. The molecule has 0 aliphatic rings. The first kappa shape index (κ1) is 10.2. The van der Waals surface area contributed by atoms with E-state index >= 15 is 0 Å². The third-order valence-corrected chi connectivity index (χ3v) is 1.69. The van der Waals surface area contributed by atoms with Crippen molar-refractivity contribution in [2.45, 2.75) is 6.92 Å². The van der Waals surface area contributed by atoms with Crippen molar-refractivity contribution in [1.29, 1.82) is 5.41 Å². The Balaban J connectivity index is 2.73. The molecule has 1 aromatic carbocycles. The van der Waals surface area contributed by atoms with Crippen molar-refractivity contribution in [2.75, 3.05) is 5.32 Å². The second-order valence-corrected chi connectivity index (χ2v) is 2.89. The van der Waals surface area contributed by atoms with Gasteiger partial charge in [0.05, 0.1) is 0 Å². The molecular formula is C10H12FN3. The molecule has 0 aliphatic heterocycles. The Morgan fingerprint density at radius 3 is 2.86 bits per heavy atom. The molecule has 0 saturated carbocycles. The van der Waals surface area contributed by atoms with Crippen molar-refractivity contribution in [3.05, 3.63) is 41.9 Å². The summed E-state index contributed by atoms with van der Waals surface area (Å²) < 4.78 is 12.7. The number of nitrogens with two attached hydrogens (primary N) is 1. The number of anilines is 1. The lowest BCUT2D eigenvalue weighted by atomic mass is 10.2. The van der Waals surface area contributed by atoms with Crippen LogP contribution in [0.5, 0.6) is 0 Å². The van der Waals surface area contributed by atoms with Gasteiger partial charge in [-0.3, -0.25) is 5.41 Å². The molecule has 3 nitrogen and oxygen atoms in total. The van der Waals surface area contributed by atoms with Gasteiger partial charge in [0.15, 0.2) is 0 Å². The van der Waals surface area contributed by atoms with Gasteiger partial charge in [0.1, 0.15) is 11.7 Å². The molecule has 0 saturated heterocycles. The molecule has 0 aromatic heterocycles. The SMILES string of the molecule is Cc1cc(F)ccc1N/C=C\C(=N)N. The Kier molecular flexibility index (Phi) is 3.23. The van der Waals surface area contributed by atoms with Crippen LogP contribution in [0, 0.1) is 18.2 Å². The van der Waals surface area contributed by atoms with Gasteiger partial charge in [0, 0.05) is 11.9 Å². The highest BCUT2D eigenvalue weighted by atomic mass is 19.1. The molecule has 0 spiro atoms. The van der Waals surface area contributed by atoms with Gasteiger partial charge in [-0.1, -0.05) is 0 Å². The smallest absolute Gasteiger partial charge is 0.123 e. The summed E-state index contributed by atoms with van der Waals surface area (Å²) in [6.07, 6.45) is 2.96. The van der Waals surface area contributed by atoms with Crippen LogP contribution >= 0.6 is 0 Å². The van der Waals surface area contributed by atoms with Crippen LogP contribution in [-0.4, -0.2) is 5.84 Å². The summed E-state index contributed by atoms with van der Waals surface area (Å²) in [5, 5.41) is 9.84. The zero-order valence-electron chi connectivity index (χ0n) is 7.84. The molecule has 4 N–H and O–H groups in total. The van der Waals surface area contributed by atoms with Crippen molar-refractivity contribution in [3.63, 3.8) is 0 Å². The van der Waals surface area contributed by atoms with Gasteiger partial charge in [-0.05, 0) is 36.8 Å². The van der Waals surface area contributed by atoms with Crippen molar-refractivity contribution in [1.82, 2.24) is 0 Å². The van der Waals surface area contributed by atoms with Crippen LogP contribution in [0.1, 0.15) is 5.56 Å². The average molecular weight is 193 g/mol. The van der Waals surface area contributed by atoms with E-state index in [-0.39, 0.29) is 11.7 Å². The Morgan fingerprint density at radius 2 is 2.29 bits per heavy atom. The zero-order valence-corrected chi connectivity index (χ0v) is 7.84. The number of benzene rings is 1. The topological polar surface area (TPSA) is 61.9 Å². The van der Waals surface area contributed by atoms with Gasteiger partial charge in [0.25, 0.3) is 0 Å². The Labute approximate surface area is 81.9 Å². The van der Waals surface area contributed by atoms with E-state index in [9.17, 15) is 4.39 Å². The molecule has 0 atom stereocenters. The maximum atomic E-state index is 12.7. The third kappa shape index (κ3) is 2.90. The van der Waals surface area contributed by atoms with Crippen molar-refractivity contribution >= 4 is 11.5 Å². The van der Waals surface area contributed by atoms with Gasteiger partial charge >= 0.3 is 0 Å². The lowest BCUT2D eigenvalue weighted by Crippen LogP contribution is -2.05. The number of halogens is 1. The van der Waals surface area contributed by atoms with Crippen LogP contribution in [0.4, 0.5) is 10.1 Å². The highest BCUT2D eigenvalue weighted by Crippen LogP contribution is 2.15. The second-order valence-electron chi connectivity index (χ2n) is 2.89. The maximum Gasteiger partial charge on any atom is 0.123 e. The molecule has 1 rings (SSSR count). The van der Waals surface area contributed by atoms with Crippen molar-refractivity contribution < 1.29 is 4.39 Å². The fourth-order valence-electron chi connectivity index (χ4n) is 1.01. The van der Waals surface area contributed by atoms with Gasteiger partial charge in [-0.2, -0.15) is 0 Å². The largest absolute Gasteiger partial charge is 0.384 e. The number of rotatable bonds is 3. The van der Waals surface area contributed by atoms with E-state index in [1.807, 2.05) is 0 Å². The summed E-state index contributed by atoms with van der Waals surface area (Å²) in [4.78, 5) is 0. The second kappa shape index (κ2) is 4.41. The molecule has 0 heterocycles. The molecule has 1 aromatic rings. The molecule has 14 heavy (non-hydrogen) atoms. The minimum atomic E-state index is -0.261. The van der Waals surface area contributed by atoms with E-state index in [1.54, 1.807) is 19.2 Å². The number of aryl methyl sites for hydroxylation is 1. The summed E-state index contributed by atoms with van der Waals surface area (Å²) in [6, 6.07) is 4.44. The maximum absolute atomic E-state index is 12.7. The predicted molar refractivity (Wildman–Crippen MR) is 55.8 cm³/mol. The summed E-state index contributed by atoms with van der Waals surface area (Å²) in [5.74, 6) is -0.291. The fourth-order valence-corrected chi connectivity index (χ4v) is 1.01. The van der Waals surface area contributed by atoms with Crippen LogP contribution in [0.2, 0.25) is 0 Å². The van der Waals surface area contributed by atoms with Gasteiger partial charge in [0.2, 0.25) is 0 Å². The molecule has 0 aliphatic carbocycles. The highest BCUT2D eigenvalue weighted by molar-refractivity contribution is 5.88. The Morgan fingerprint density at radius 1 is 1.57 bits per heavy atom. The quantitative estimate of drug-likeness (QED) is 0.508. The minimum Gasteiger partial charge on any atom is -0.384 e. The average Bonchev–Trinajstić information content (AvgIpc) is 2.08. The van der Waals surface area contributed by atoms with E-state index in [0.29, 0.717) is 0 Å². The lowest BCUT2D eigenvalue weighted by molar-refractivity contribution is 0.627. The Hall–Kier alpha value is -1.84. The zero-order chi connectivity index (χ0) is 10.6. The van der Waals surface area contributed by atoms with E-state index in [1.165, 1.54) is 18.2 Å². The number of hydrogen-bond donors (Lipinski definition) is 3. The minimum absolute atomic E-state index is 0.0303. The van der Waals surface area contributed by atoms with Gasteiger partial charge < -0.3 is 11.1 Å². The summed E-state index contributed by atoms with van der Waals surface area (Å²) in [5.41, 5.74) is 6.71. The third-order valence-electron chi connectivity index (χ3n) is 1.69. The molecule has 74 valence electrons. The summed E-state index contributed by atoms with van der Waals surface area (Å²) in [7, 11) is 0. The standard InChI is InChI=1S/C10H12FN3/c1-7-6-8(11)2-3-9(7)14-5-4-10(12)13/h2-6,14H,1H3,(H3,12,13)/b5-4-. The van der Waals surface area contributed by atoms with Gasteiger partial charge in [-0.15, -0.1) is 0 Å². The van der Waals surface area contributed by atoms with Crippen molar-refractivity contribution in [3.8, 4) is 0 Å². The lowest BCUT2D eigenvalue weighted by Gasteiger charge is -2.04. The van der Waals surface area contributed by atoms with Crippen LogP contribution in [0.15, 0.2) is 30.5 Å². The van der Waals surface area contributed by atoms with E-state index in [0.717, 1.165) is 11.3 Å². The van der Waals surface area contributed by atoms with E-state index in [2.05, 4.69) is 5.32 Å². The normalized spacial score (nSPS) is 10.4. The van der Waals surface area contributed by atoms with E-state index in [4.69, 9.17) is 11.1 Å². The van der Waals surface area contributed by atoms with Gasteiger partial charge in [-0.25, -0.2) is 4.39 Å². The number of amidine groups is 1. The van der Waals surface area contributed by atoms with E-state index < -0.39 is 0 Å².